The molecule has 0 bridgehead atoms. The molecule has 0 radical (unpaired) electrons. The average molecular weight is 254 g/mol. The molecule has 1 heterocycles. The normalized spacial score (nSPS) is 16.5. The van der Waals surface area contributed by atoms with Crippen LogP contribution in [0.1, 0.15) is 25.8 Å². The molecule has 4 heteroatoms. The molecule has 17 heavy (non-hydrogen) atoms. The van der Waals surface area contributed by atoms with Crippen molar-refractivity contribution in [3.63, 3.8) is 0 Å². The molecule has 0 aromatic heterocycles. The second-order valence-electron chi connectivity index (χ2n) is 4.65. The summed E-state index contributed by atoms with van der Waals surface area (Å²) in [4.78, 5) is 11.8. The first-order valence-electron chi connectivity index (χ1n) is 5.71. The molecule has 1 aromatic carbocycles. The first-order valence-corrected chi connectivity index (χ1v) is 6.24. The van der Waals surface area contributed by atoms with Crippen LogP contribution in [0.2, 0.25) is 0 Å². The smallest absolute Gasteiger partial charge is 0.234 e. The van der Waals surface area contributed by atoms with Crippen LogP contribution in [0.25, 0.3) is 0 Å². The van der Waals surface area contributed by atoms with E-state index < -0.39 is 5.41 Å². The van der Waals surface area contributed by atoms with Gasteiger partial charge in [-0.1, -0.05) is 6.07 Å². The summed E-state index contributed by atoms with van der Waals surface area (Å²) < 4.78 is 5.70. The summed E-state index contributed by atoms with van der Waals surface area (Å²) in [6.45, 7) is 4.38. The van der Waals surface area contributed by atoms with Crippen molar-refractivity contribution in [1.29, 1.82) is 0 Å². The number of hydrogen-bond donors (Lipinski definition) is 1. The molecule has 1 aliphatic heterocycles. The van der Waals surface area contributed by atoms with E-state index in [1.165, 1.54) is 0 Å². The fraction of sp³-hybridized carbons (Fsp3) is 0.462. The fourth-order valence-corrected chi connectivity index (χ4v) is 2.14. The number of amides is 1. The third-order valence-corrected chi connectivity index (χ3v) is 3.27. The first kappa shape index (κ1) is 12.2. The van der Waals surface area contributed by atoms with Crippen LogP contribution in [0.3, 0.4) is 0 Å². The zero-order valence-electron chi connectivity index (χ0n) is 10.0. The largest absolute Gasteiger partial charge is 0.493 e. The van der Waals surface area contributed by atoms with Crippen molar-refractivity contribution in [1.82, 2.24) is 0 Å². The van der Waals surface area contributed by atoms with E-state index >= 15 is 0 Å². The van der Waals surface area contributed by atoms with Crippen molar-refractivity contribution in [3.8, 4) is 5.75 Å². The Labute approximate surface area is 106 Å². The minimum absolute atomic E-state index is 0.0147. The van der Waals surface area contributed by atoms with Crippen LogP contribution in [0, 0.1) is 0 Å². The third-order valence-electron chi connectivity index (χ3n) is 3.00. The van der Waals surface area contributed by atoms with Crippen molar-refractivity contribution in [3.05, 3.63) is 23.8 Å². The number of carbonyl (C=O) groups excluding carboxylic acids is 1. The van der Waals surface area contributed by atoms with E-state index in [0.717, 1.165) is 23.4 Å². The lowest BCUT2D eigenvalue weighted by atomic mass is 9.85. The van der Waals surface area contributed by atoms with E-state index in [1.807, 2.05) is 32.0 Å². The van der Waals surface area contributed by atoms with Crippen molar-refractivity contribution < 1.29 is 9.53 Å². The van der Waals surface area contributed by atoms with Gasteiger partial charge in [0.1, 0.15) is 5.75 Å². The van der Waals surface area contributed by atoms with E-state index in [4.69, 9.17) is 16.3 Å². The van der Waals surface area contributed by atoms with Crippen LogP contribution >= 0.6 is 11.6 Å². The average Bonchev–Trinajstić information content (AvgIpc) is 2.51. The minimum Gasteiger partial charge on any atom is -0.493 e. The number of halogens is 1. The van der Waals surface area contributed by atoms with Gasteiger partial charge in [-0.3, -0.25) is 4.79 Å². The maximum absolute atomic E-state index is 11.8. The van der Waals surface area contributed by atoms with E-state index in [9.17, 15) is 4.79 Å². The van der Waals surface area contributed by atoms with Gasteiger partial charge in [-0.15, -0.1) is 11.6 Å². The number of hydrogen-bond acceptors (Lipinski definition) is 2. The molecule has 0 aliphatic carbocycles. The second kappa shape index (κ2) is 4.57. The number of rotatable bonds is 4. The van der Waals surface area contributed by atoms with Crippen LogP contribution in [-0.4, -0.2) is 18.4 Å². The molecule has 1 N–H and O–H groups in total. The highest BCUT2D eigenvalue weighted by atomic mass is 35.5. The molecule has 92 valence electrons. The molecule has 1 aliphatic rings. The summed E-state index contributed by atoms with van der Waals surface area (Å²) in [6.07, 6.45) is 0.799. The summed E-state index contributed by atoms with van der Waals surface area (Å²) in [6, 6.07) is 5.68. The maximum atomic E-state index is 11.8. The molecular weight excluding hydrogens is 238 g/mol. The molecule has 0 saturated carbocycles. The molecule has 0 spiro atoms. The molecule has 3 nitrogen and oxygen atoms in total. The summed E-state index contributed by atoms with van der Waals surface area (Å²) in [5, 5.41) is 2.87. The summed E-state index contributed by atoms with van der Waals surface area (Å²) in [5.41, 5.74) is 1.26. The molecule has 0 atom stereocenters. The predicted molar refractivity (Wildman–Crippen MR) is 68.9 cm³/mol. The maximum Gasteiger partial charge on any atom is 0.234 e. The minimum atomic E-state index is -0.535. The van der Waals surface area contributed by atoms with Gasteiger partial charge in [-0.05, 0) is 32.4 Å². The van der Waals surface area contributed by atoms with Crippen LogP contribution in [0.5, 0.6) is 5.75 Å². The van der Waals surface area contributed by atoms with E-state index in [2.05, 4.69) is 5.32 Å². The highest BCUT2D eigenvalue weighted by Crippen LogP contribution is 2.43. The fourth-order valence-electron chi connectivity index (χ4n) is 2.03. The van der Waals surface area contributed by atoms with E-state index in [1.54, 1.807) is 0 Å². The second-order valence-corrected chi connectivity index (χ2v) is 5.03. The summed E-state index contributed by atoms with van der Waals surface area (Å²) >= 11 is 5.62. The first-order chi connectivity index (χ1) is 8.07. The number of fused-ring (bicyclic) bond motifs is 1. The highest BCUT2D eigenvalue weighted by Gasteiger charge is 2.40. The quantitative estimate of drug-likeness (QED) is 0.662. The lowest BCUT2D eigenvalue weighted by Crippen LogP contribution is -2.27. The van der Waals surface area contributed by atoms with Crippen molar-refractivity contribution in [2.45, 2.75) is 25.7 Å². The van der Waals surface area contributed by atoms with Crippen LogP contribution in [-0.2, 0) is 10.2 Å². The zero-order chi connectivity index (χ0) is 12.5. The SMILES string of the molecule is CC1(C)C(=O)Nc2cccc(OCCCCl)c21. The van der Waals surface area contributed by atoms with Crippen molar-refractivity contribution in [2.75, 3.05) is 17.8 Å². The van der Waals surface area contributed by atoms with Gasteiger partial charge in [0, 0.05) is 17.1 Å². The zero-order valence-corrected chi connectivity index (χ0v) is 10.8. The Morgan fingerprint density at radius 1 is 1.41 bits per heavy atom. The number of nitrogens with one attached hydrogen (secondary N) is 1. The summed E-state index contributed by atoms with van der Waals surface area (Å²) in [7, 11) is 0. The Kier molecular flexibility index (Phi) is 3.29. The lowest BCUT2D eigenvalue weighted by Gasteiger charge is -2.19. The van der Waals surface area contributed by atoms with Gasteiger partial charge >= 0.3 is 0 Å². The Balaban J connectivity index is 2.31. The van der Waals surface area contributed by atoms with Gasteiger partial charge in [0.15, 0.2) is 0 Å². The summed E-state index contributed by atoms with van der Waals surface area (Å²) in [5.74, 6) is 1.37. The monoisotopic (exact) mass is 253 g/mol. The lowest BCUT2D eigenvalue weighted by molar-refractivity contribution is -0.119. The predicted octanol–water partition coefficient (Wildman–Crippen LogP) is 2.92. The van der Waals surface area contributed by atoms with E-state index in [0.29, 0.717) is 12.5 Å². The van der Waals surface area contributed by atoms with Gasteiger partial charge in [-0.25, -0.2) is 0 Å². The Bertz CT molecular complexity index is 443. The van der Waals surface area contributed by atoms with Crippen LogP contribution in [0.15, 0.2) is 18.2 Å². The molecular formula is C13H16ClNO2. The van der Waals surface area contributed by atoms with Crippen LogP contribution in [0.4, 0.5) is 5.69 Å². The molecule has 0 fully saturated rings. The number of ether oxygens (including phenoxy) is 1. The number of carbonyl (C=O) groups is 1. The topological polar surface area (TPSA) is 38.3 Å². The molecule has 0 unspecified atom stereocenters. The Morgan fingerprint density at radius 3 is 2.88 bits per heavy atom. The molecule has 0 saturated heterocycles. The van der Waals surface area contributed by atoms with Gasteiger partial charge < -0.3 is 10.1 Å². The van der Waals surface area contributed by atoms with E-state index in [-0.39, 0.29) is 5.91 Å². The Morgan fingerprint density at radius 2 is 2.18 bits per heavy atom. The molecule has 1 amide bonds. The standard InChI is InChI=1S/C13H16ClNO2/c1-13(2)11-9(15-12(13)16)5-3-6-10(11)17-8-4-7-14/h3,5-6H,4,7-8H2,1-2H3,(H,15,16). The van der Waals surface area contributed by atoms with Crippen molar-refractivity contribution >= 4 is 23.2 Å². The van der Waals surface area contributed by atoms with Gasteiger partial charge in [0.25, 0.3) is 0 Å². The number of anilines is 1. The number of benzene rings is 1. The van der Waals surface area contributed by atoms with Gasteiger partial charge in [0.05, 0.1) is 12.0 Å². The molecule has 1 aromatic rings. The van der Waals surface area contributed by atoms with Gasteiger partial charge in [0.2, 0.25) is 5.91 Å². The van der Waals surface area contributed by atoms with Crippen LogP contribution < -0.4 is 10.1 Å². The Hall–Kier alpha value is -1.22. The van der Waals surface area contributed by atoms with Crippen molar-refractivity contribution in [2.24, 2.45) is 0 Å². The van der Waals surface area contributed by atoms with Gasteiger partial charge in [-0.2, -0.15) is 0 Å². The molecule has 2 rings (SSSR count). The third kappa shape index (κ3) is 2.12. The highest BCUT2D eigenvalue weighted by molar-refractivity contribution is 6.17. The number of alkyl halides is 1.